The van der Waals surface area contributed by atoms with E-state index in [1.807, 2.05) is 0 Å². The molecule has 2 saturated heterocycles. The van der Waals surface area contributed by atoms with E-state index >= 15 is 0 Å². The van der Waals surface area contributed by atoms with Crippen LogP contribution in [0.3, 0.4) is 0 Å². The molecule has 0 spiro atoms. The zero-order valence-corrected chi connectivity index (χ0v) is 16.4. The first kappa shape index (κ1) is 20.7. The molecule has 0 bridgehead atoms. The number of rotatable bonds is 6. The highest BCUT2D eigenvalue weighted by atomic mass is 19.1. The van der Waals surface area contributed by atoms with Crippen molar-refractivity contribution in [2.24, 2.45) is 5.92 Å². The Hall–Kier alpha value is -2.02. The van der Waals surface area contributed by atoms with Crippen molar-refractivity contribution in [1.29, 1.82) is 0 Å². The molecular formula is C21H29F2N3O2. The summed E-state index contributed by atoms with van der Waals surface area (Å²) in [5.74, 6) is -0.300. The maximum atomic E-state index is 13.5. The number of likely N-dealkylation sites (tertiary alicyclic amines) is 2. The topological polar surface area (TPSA) is 52.7 Å². The zero-order chi connectivity index (χ0) is 20.1. The van der Waals surface area contributed by atoms with Crippen molar-refractivity contribution in [3.63, 3.8) is 0 Å². The van der Waals surface area contributed by atoms with Gasteiger partial charge in [0.15, 0.2) is 0 Å². The molecule has 5 nitrogen and oxygen atoms in total. The van der Waals surface area contributed by atoms with Crippen molar-refractivity contribution in [2.75, 3.05) is 39.4 Å². The molecule has 0 radical (unpaired) electrons. The summed E-state index contributed by atoms with van der Waals surface area (Å²) in [6, 6.07) is 4.08. The van der Waals surface area contributed by atoms with E-state index in [9.17, 15) is 18.4 Å². The van der Waals surface area contributed by atoms with Crippen LogP contribution in [0.15, 0.2) is 18.2 Å². The number of carbonyl (C=O) groups excluding carboxylic acids is 2. The third-order valence-electron chi connectivity index (χ3n) is 5.80. The number of aryl methyl sites for hydroxylation is 1. The molecule has 2 aliphatic rings. The number of amides is 2. The molecule has 1 aromatic carbocycles. The van der Waals surface area contributed by atoms with Gasteiger partial charge in [-0.2, -0.15) is 0 Å². The Kier molecular flexibility index (Phi) is 6.99. The fourth-order valence-electron chi connectivity index (χ4n) is 4.16. The van der Waals surface area contributed by atoms with Gasteiger partial charge in [-0.1, -0.05) is 0 Å². The normalized spacial score (nSPS) is 21.1. The molecule has 0 aromatic heterocycles. The molecule has 1 aromatic rings. The van der Waals surface area contributed by atoms with Gasteiger partial charge in [0.05, 0.1) is 12.6 Å². The van der Waals surface area contributed by atoms with Crippen molar-refractivity contribution in [2.45, 2.75) is 38.6 Å². The van der Waals surface area contributed by atoms with Crippen molar-refractivity contribution < 1.29 is 18.4 Å². The molecule has 2 amide bonds. The maximum absolute atomic E-state index is 13.5. The first-order valence-corrected chi connectivity index (χ1v) is 10.1. The summed E-state index contributed by atoms with van der Waals surface area (Å²) < 4.78 is 26.4. The SMILES string of the molecule is Cc1cc(F)cc(C(=O)NCC2CCN(CC(=O)N3CCC[C@H]3CF)CC2)c1. The molecule has 2 fully saturated rings. The molecule has 2 heterocycles. The summed E-state index contributed by atoms with van der Waals surface area (Å²) >= 11 is 0. The summed E-state index contributed by atoms with van der Waals surface area (Å²) in [4.78, 5) is 28.5. The predicted octanol–water partition coefficient (Wildman–Crippen LogP) is 2.54. The Morgan fingerprint density at radius 2 is 1.89 bits per heavy atom. The number of piperidine rings is 1. The van der Waals surface area contributed by atoms with Gasteiger partial charge in [-0.25, -0.2) is 8.78 Å². The number of hydrogen-bond acceptors (Lipinski definition) is 3. The quantitative estimate of drug-likeness (QED) is 0.808. The minimum Gasteiger partial charge on any atom is -0.352 e. The third kappa shape index (κ3) is 5.28. The Morgan fingerprint density at radius 3 is 2.57 bits per heavy atom. The van der Waals surface area contributed by atoms with E-state index < -0.39 is 12.5 Å². The number of hydrogen-bond donors (Lipinski definition) is 1. The van der Waals surface area contributed by atoms with Crippen LogP contribution in [0, 0.1) is 18.7 Å². The third-order valence-corrected chi connectivity index (χ3v) is 5.80. The zero-order valence-electron chi connectivity index (χ0n) is 16.4. The minimum absolute atomic E-state index is 0.0216. The largest absolute Gasteiger partial charge is 0.352 e. The van der Waals surface area contributed by atoms with Crippen LogP contribution < -0.4 is 5.32 Å². The lowest BCUT2D eigenvalue weighted by Gasteiger charge is -2.33. The molecule has 0 aliphatic carbocycles. The summed E-state index contributed by atoms with van der Waals surface area (Å²) in [6.45, 7) is 4.44. The van der Waals surface area contributed by atoms with E-state index in [2.05, 4.69) is 10.2 Å². The molecule has 1 atom stereocenters. The van der Waals surface area contributed by atoms with Crippen LogP contribution in [-0.4, -0.2) is 67.1 Å². The summed E-state index contributed by atoms with van der Waals surface area (Å²) in [6.07, 6.45) is 3.42. The fraction of sp³-hybridized carbons (Fsp3) is 0.619. The number of benzene rings is 1. The summed E-state index contributed by atoms with van der Waals surface area (Å²) in [5, 5.41) is 2.90. The molecule has 28 heavy (non-hydrogen) atoms. The monoisotopic (exact) mass is 393 g/mol. The van der Waals surface area contributed by atoms with Gasteiger partial charge >= 0.3 is 0 Å². The van der Waals surface area contributed by atoms with E-state index in [1.165, 1.54) is 12.1 Å². The van der Waals surface area contributed by atoms with Gasteiger partial charge in [0.1, 0.15) is 12.5 Å². The van der Waals surface area contributed by atoms with Gasteiger partial charge in [-0.15, -0.1) is 0 Å². The van der Waals surface area contributed by atoms with Crippen molar-refractivity contribution >= 4 is 11.8 Å². The molecule has 3 rings (SSSR count). The number of nitrogens with one attached hydrogen (secondary N) is 1. The maximum Gasteiger partial charge on any atom is 0.251 e. The molecule has 1 N–H and O–H groups in total. The average molecular weight is 393 g/mol. The summed E-state index contributed by atoms with van der Waals surface area (Å²) in [5.41, 5.74) is 1.06. The number of halogens is 2. The first-order valence-electron chi connectivity index (χ1n) is 10.1. The highest BCUT2D eigenvalue weighted by Gasteiger charge is 2.30. The molecule has 7 heteroatoms. The lowest BCUT2D eigenvalue weighted by molar-refractivity contribution is -0.133. The van der Waals surface area contributed by atoms with Gasteiger partial charge in [0.25, 0.3) is 5.91 Å². The molecule has 154 valence electrons. The van der Waals surface area contributed by atoms with E-state index in [0.717, 1.165) is 44.3 Å². The standard InChI is InChI=1S/C21H29F2N3O2/c1-15-9-17(11-18(23)10-15)21(28)24-13-16-4-7-25(8-5-16)14-20(27)26-6-2-3-19(26)12-22/h9-11,16,19H,2-8,12-14H2,1H3,(H,24,28)/t19-/m0/s1. The van der Waals surface area contributed by atoms with E-state index in [-0.39, 0.29) is 17.9 Å². The lowest BCUT2D eigenvalue weighted by Crippen LogP contribution is -2.46. The molecule has 2 aliphatic heterocycles. The summed E-state index contributed by atoms with van der Waals surface area (Å²) in [7, 11) is 0. The van der Waals surface area contributed by atoms with Gasteiger partial charge in [-0.05, 0) is 75.4 Å². The van der Waals surface area contributed by atoms with E-state index in [4.69, 9.17) is 0 Å². The highest BCUT2D eigenvalue weighted by Crippen LogP contribution is 2.20. The van der Waals surface area contributed by atoms with Gasteiger partial charge in [-0.3, -0.25) is 14.5 Å². The number of carbonyl (C=O) groups is 2. The fourth-order valence-corrected chi connectivity index (χ4v) is 4.16. The van der Waals surface area contributed by atoms with Crippen LogP contribution in [0.1, 0.15) is 41.6 Å². The molecule has 0 saturated carbocycles. The van der Waals surface area contributed by atoms with Crippen molar-refractivity contribution in [3.05, 3.63) is 35.1 Å². The minimum atomic E-state index is -0.460. The number of alkyl halides is 1. The van der Waals surface area contributed by atoms with Crippen LogP contribution in [0.25, 0.3) is 0 Å². The molecule has 0 unspecified atom stereocenters. The Balaban J connectivity index is 1.40. The Labute approximate surface area is 165 Å². The van der Waals surface area contributed by atoms with Crippen LogP contribution in [0.4, 0.5) is 8.78 Å². The van der Waals surface area contributed by atoms with Gasteiger partial charge < -0.3 is 10.2 Å². The average Bonchev–Trinajstić information content (AvgIpc) is 3.15. The Morgan fingerprint density at radius 1 is 1.14 bits per heavy atom. The van der Waals surface area contributed by atoms with Crippen molar-refractivity contribution in [1.82, 2.24) is 15.1 Å². The predicted molar refractivity (Wildman–Crippen MR) is 103 cm³/mol. The number of nitrogens with zero attached hydrogens (tertiary/aromatic N) is 2. The van der Waals surface area contributed by atoms with Crippen LogP contribution in [0.2, 0.25) is 0 Å². The van der Waals surface area contributed by atoms with Gasteiger partial charge in [0.2, 0.25) is 5.91 Å². The van der Waals surface area contributed by atoms with Crippen LogP contribution >= 0.6 is 0 Å². The second-order valence-electron chi connectivity index (χ2n) is 7.98. The second-order valence-corrected chi connectivity index (χ2v) is 7.98. The Bertz CT molecular complexity index is 685. The van der Waals surface area contributed by atoms with Crippen LogP contribution in [0.5, 0.6) is 0 Å². The smallest absolute Gasteiger partial charge is 0.251 e. The van der Waals surface area contributed by atoms with E-state index in [0.29, 0.717) is 31.1 Å². The highest BCUT2D eigenvalue weighted by molar-refractivity contribution is 5.94. The van der Waals surface area contributed by atoms with Crippen molar-refractivity contribution in [3.8, 4) is 0 Å². The first-order chi connectivity index (χ1) is 13.5. The van der Waals surface area contributed by atoms with Gasteiger partial charge in [0, 0.05) is 18.7 Å². The van der Waals surface area contributed by atoms with E-state index in [1.54, 1.807) is 17.9 Å². The lowest BCUT2D eigenvalue weighted by atomic mass is 9.96. The van der Waals surface area contributed by atoms with Crippen LogP contribution in [-0.2, 0) is 4.79 Å². The molecular weight excluding hydrogens is 364 g/mol. The second kappa shape index (κ2) is 9.45.